The number of carbonyl (C=O) groups is 2. The lowest BCUT2D eigenvalue weighted by Crippen LogP contribution is -2.47. The lowest BCUT2D eigenvalue weighted by atomic mass is 10.1. The third kappa shape index (κ3) is 4.66. The first-order chi connectivity index (χ1) is 8.63. The molecule has 1 aromatic carbocycles. The molecule has 0 saturated heterocycles. The molecule has 2 amide bonds. The Kier molecular flexibility index (Phi) is 5.39. The summed E-state index contributed by atoms with van der Waals surface area (Å²) in [6.07, 6.45) is 0.400. The summed E-state index contributed by atoms with van der Waals surface area (Å²) in [7, 11) is 0. The van der Waals surface area contributed by atoms with E-state index in [1.54, 1.807) is 0 Å². The summed E-state index contributed by atoms with van der Waals surface area (Å²) < 4.78 is 0. The minimum atomic E-state index is -0.654. The highest BCUT2D eigenvalue weighted by molar-refractivity contribution is 5.87. The van der Waals surface area contributed by atoms with Gasteiger partial charge in [0.2, 0.25) is 11.8 Å². The average molecular weight is 245 g/mol. The molecule has 1 rings (SSSR count). The summed E-state index contributed by atoms with van der Waals surface area (Å²) in [6, 6.07) is 10.6. The molecular formula is C13H15N3O2. The molecule has 0 aliphatic heterocycles. The number of amides is 2. The molecule has 1 unspecified atom stereocenters. The van der Waals surface area contributed by atoms with Gasteiger partial charge in [0, 0.05) is 13.3 Å². The van der Waals surface area contributed by atoms with E-state index >= 15 is 0 Å². The van der Waals surface area contributed by atoms with Crippen molar-refractivity contribution in [3.63, 3.8) is 0 Å². The maximum absolute atomic E-state index is 11.8. The highest BCUT2D eigenvalue weighted by Crippen LogP contribution is 2.03. The molecule has 0 radical (unpaired) electrons. The molecule has 0 aliphatic carbocycles. The van der Waals surface area contributed by atoms with E-state index in [0.717, 1.165) is 5.56 Å². The van der Waals surface area contributed by atoms with E-state index < -0.39 is 6.04 Å². The second-order valence-corrected chi connectivity index (χ2v) is 3.82. The fourth-order valence-corrected chi connectivity index (χ4v) is 1.55. The minimum Gasteiger partial charge on any atom is -0.344 e. The van der Waals surface area contributed by atoms with Crippen molar-refractivity contribution in [1.29, 1.82) is 5.26 Å². The van der Waals surface area contributed by atoms with Gasteiger partial charge in [-0.05, 0) is 5.56 Å². The van der Waals surface area contributed by atoms with Crippen LogP contribution < -0.4 is 10.6 Å². The first-order valence-electron chi connectivity index (χ1n) is 5.59. The second kappa shape index (κ2) is 7.07. The van der Waals surface area contributed by atoms with Crippen molar-refractivity contribution in [2.24, 2.45) is 0 Å². The molecule has 18 heavy (non-hydrogen) atoms. The van der Waals surface area contributed by atoms with Crippen molar-refractivity contribution < 1.29 is 9.59 Å². The molecule has 5 heteroatoms. The number of hydrogen-bond acceptors (Lipinski definition) is 3. The number of nitriles is 1. The SMILES string of the molecule is CC(=O)NC(Cc1ccccc1)C(=O)NCC#N. The molecule has 0 bridgehead atoms. The van der Waals surface area contributed by atoms with Crippen molar-refractivity contribution >= 4 is 11.8 Å². The van der Waals surface area contributed by atoms with E-state index in [-0.39, 0.29) is 18.4 Å². The molecular weight excluding hydrogens is 230 g/mol. The number of hydrogen-bond donors (Lipinski definition) is 2. The Balaban J connectivity index is 2.69. The number of carbonyl (C=O) groups excluding carboxylic acids is 2. The van der Waals surface area contributed by atoms with Gasteiger partial charge in [-0.2, -0.15) is 5.26 Å². The van der Waals surface area contributed by atoms with Gasteiger partial charge < -0.3 is 10.6 Å². The van der Waals surface area contributed by atoms with Gasteiger partial charge in [-0.1, -0.05) is 30.3 Å². The van der Waals surface area contributed by atoms with Crippen molar-refractivity contribution in [2.75, 3.05) is 6.54 Å². The van der Waals surface area contributed by atoms with E-state index in [0.29, 0.717) is 6.42 Å². The van der Waals surface area contributed by atoms with Crippen molar-refractivity contribution in [1.82, 2.24) is 10.6 Å². The van der Waals surface area contributed by atoms with Crippen LogP contribution in [-0.2, 0) is 16.0 Å². The number of benzene rings is 1. The van der Waals surface area contributed by atoms with E-state index in [1.807, 2.05) is 36.4 Å². The molecule has 1 aromatic rings. The van der Waals surface area contributed by atoms with Gasteiger partial charge >= 0.3 is 0 Å². The zero-order valence-corrected chi connectivity index (χ0v) is 10.1. The maximum atomic E-state index is 11.8. The summed E-state index contributed by atoms with van der Waals surface area (Å²) in [5, 5.41) is 13.4. The molecule has 0 fully saturated rings. The number of nitrogens with zero attached hydrogens (tertiary/aromatic N) is 1. The standard InChI is InChI=1S/C13H15N3O2/c1-10(17)16-12(13(18)15-8-7-14)9-11-5-3-2-4-6-11/h2-6,12H,8-9H2,1H3,(H,15,18)(H,16,17). The van der Waals surface area contributed by atoms with Gasteiger partial charge in [0.05, 0.1) is 6.07 Å². The maximum Gasteiger partial charge on any atom is 0.243 e. The predicted molar refractivity (Wildman–Crippen MR) is 66.4 cm³/mol. The molecule has 0 heterocycles. The third-order valence-electron chi connectivity index (χ3n) is 2.32. The van der Waals surface area contributed by atoms with Crippen molar-refractivity contribution in [3.8, 4) is 6.07 Å². The smallest absolute Gasteiger partial charge is 0.243 e. The van der Waals surface area contributed by atoms with Gasteiger partial charge in [0.1, 0.15) is 12.6 Å². The average Bonchev–Trinajstić information content (AvgIpc) is 2.36. The van der Waals surface area contributed by atoms with Gasteiger partial charge in [-0.3, -0.25) is 9.59 Å². The normalized spacial score (nSPS) is 11.1. The van der Waals surface area contributed by atoms with Crippen LogP contribution in [0.25, 0.3) is 0 Å². The lowest BCUT2D eigenvalue weighted by molar-refractivity contribution is -0.127. The van der Waals surface area contributed by atoms with Crippen LogP contribution >= 0.6 is 0 Å². The fraction of sp³-hybridized carbons (Fsp3) is 0.308. The third-order valence-corrected chi connectivity index (χ3v) is 2.32. The lowest BCUT2D eigenvalue weighted by Gasteiger charge is -2.16. The van der Waals surface area contributed by atoms with Gasteiger partial charge in [-0.25, -0.2) is 0 Å². The van der Waals surface area contributed by atoms with E-state index in [4.69, 9.17) is 5.26 Å². The fourth-order valence-electron chi connectivity index (χ4n) is 1.55. The molecule has 1 atom stereocenters. The summed E-state index contributed by atoms with van der Waals surface area (Å²) in [5.74, 6) is -0.626. The number of rotatable bonds is 5. The predicted octanol–water partition coefficient (Wildman–Crippen LogP) is 0.374. The number of nitrogens with one attached hydrogen (secondary N) is 2. The van der Waals surface area contributed by atoms with Crippen LogP contribution in [0.3, 0.4) is 0 Å². The molecule has 0 saturated carbocycles. The summed E-state index contributed by atoms with van der Waals surface area (Å²) >= 11 is 0. The largest absolute Gasteiger partial charge is 0.344 e. The molecule has 0 aromatic heterocycles. The molecule has 94 valence electrons. The van der Waals surface area contributed by atoms with Crippen LogP contribution in [0.1, 0.15) is 12.5 Å². The highest BCUT2D eigenvalue weighted by Gasteiger charge is 2.19. The Morgan fingerprint density at radius 2 is 2.00 bits per heavy atom. The van der Waals surface area contributed by atoms with Gasteiger partial charge in [0.25, 0.3) is 0 Å². The summed E-state index contributed by atoms with van der Waals surface area (Å²) in [5.41, 5.74) is 0.948. The van der Waals surface area contributed by atoms with E-state index in [1.165, 1.54) is 6.92 Å². The van der Waals surface area contributed by atoms with Crippen LogP contribution in [0.15, 0.2) is 30.3 Å². The van der Waals surface area contributed by atoms with Gasteiger partial charge in [-0.15, -0.1) is 0 Å². The highest BCUT2D eigenvalue weighted by atomic mass is 16.2. The van der Waals surface area contributed by atoms with E-state index in [9.17, 15) is 9.59 Å². The molecule has 0 spiro atoms. The Bertz CT molecular complexity index is 451. The van der Waals surface area contributed by atoms with Crippen LogP contribution in [0.4, 0.5) is 0 Å². The molecule has 2 N–H and O–H groups in total. The Morgan fingerprint density at radius 1 is 1.33 bits per heavy atom. The van der Waals surface area contributed by atoms with Crippen LogP contribution in [0, 0.1) is 11.3 Å². The zero-order chi connectivity index (χ0) is 13.4. The van der Waals surface area contributed by atoms with Gasteiger partial charge in [0.15, 0.2) is 0 Å². The first kappa shape index (κ1) is 13.7. The quantitative estimate of drug-likeness (QED) is 0.735. The zero-order valence-electron chi connectivity index (χ0n) is 10.1. The van der Waals surface area contributed by atoms with Crippen molar-refractivity contribution in [3.05, 3.63) is 35.9 Å². The topological polar surface area (TPSA) is 82.0 Å². The molecule has 0 aliphatic rings. The Labute approximate surface area is 106 Å². The molecule has 5 nitrogen and oxygen atoms in total. The van der Waals surface area contributed by atoms with Crippen LogP contribution in [0.2, 0.25) is 0 Å². The van der Waals surface area contributed by atoms with Crippen LogP contribution in [0.5, 0.6) is 0 Å². The second-order valence-electron chi connectivity index (χ2n) is 3.82. The summed E-state index contributed by atoms with van der Waals surface area (Å²) in [4.78, 5) is 22.8. The Morgan fingerprint density at radius 3 is 2.56 bits per heavy atom. The van der Waals surface area contributed by atoms with Crippen molar-refractivity contribution in [2.45, 2.75) is 19.4 Å². The summed E-state index contributed by atoms with van der Waals surface area (Å²) in [6.45, 7) is 1.29. The Hall–Kier alpha value is -2.35. The van der Waals surface area contributed by atoms with Crippen LogP contribution in [-0.4, -0.2) is 24.4 Å². The first-order valence-corrected chi connectivity index (χ1v) is 5.59. The minimum absolute atomic E-state index is 0.0658. The monoisotopic (exact) mass is 245 g/mol. The van der Waals surface area contributed by atoms with E-state index in [2.05, 4.69) is 10.6 Å².